The van der Waals surface area contributed by atoms with Crippen molar-refractivity contribution in [3.05, 3.63) is 28.8 Å². The molecule has 0 aliphatic heterocycles. The van der Waals surface area contributed by atoms with E-state index in [0.717, 1.165) is 42.4 Å². The number of ketones is 1. The molecular formula is C14H19NO3. The summed E-state index contributed by atoms with van der Waals surface area (Å²) in [6.07, 6.45) is 4.44. The minimum absolute atomic E-state index is 0.340. The van der Waals surface area contributed by atoms with Gasteiger partial charge in [0.05, 0.1) is 6.04 Å². The highest BCUT2D eigenvalue weighted by Gasteiger charge is 2.20. The van der Waals surface area contributed by atoms with Gasteiger partial charge >= 0.3 is 0 Å². The first-order valence-electron chi connectivity index (χ1n) is 6.35. The van der Waals surface area contributed by atoms with Gasteiger partial charge < -0.3 is 15.9 Å². The summed E-state index contributed by atoms with van der Waals surface area (Å²) in [6, 6.07) is 2.85. The average Bonchev–Trinajstić information content (AvgIpc) is 2.41. The van der Waals surface area contributed by atoms with Crippen molar-refractivity contribution in [1.82, 2.24) is 0 Å². The molecule has 1 aromatic rings. The molecule has 0 saturated carbocycles. The highest BCUT2D eigenvalue weighted by atomic mass is 16.3. The first kappa shape index (κ1) is 13.1. The zero-order valence-electron chi connectivity index (χ0n) is 10.4. The smallest absolute Gasteiger partial charge is 0.175 e. The number of aliphatic hydroxyl groups is 1. The van der Waals surface area contributed by atoms with Gasteiger partial charge in [-0.2, -0.15) is 0 Å². The van der Waals surface area contributed by atoms with E-state index in [4.69, 9.17) is 10.8 Å². The second-order valence-corrected chi connectivity index (χ2v) is 4.84. The average molecular weight is 249 g/mol. The molecule has 18 heavy (non-hydrogen) atoms. The second-order valence-electron chi connectivity index (χ2n) is 4.84. The lowest BCUT2D eigenvalue weighted by atomic mass is 9.85. The molecular weight excluding hydrogens is 230 g/mol. The summed E-state index contributed by atoms with van der Waals surface area (Å²) in [5.41, 5.74) is 8.93. The summed E-state index contributed by atoms with van der Waals surface area (Å²) in [4.78, 5) is 11.3. The lowest BCUT2D eigenvalue weighted by molar-refractivity contribution is -0.122. The largest absolute Gasteiger partial charge is 0.508 e. The number of rotatable bonds is 4. The Bertz CT molecular complexity index is 457. The fourth-order valence-corrected chi connectivity index (χ4v) is 2.58. The first-order chi connectivity index (χ1) is 8.63. The Hall–Kier alpha value is -1.39. The van der Waals surface area contributed by atoms with Crippen molar-refractivity contribution in [2.24, 2.45) is 5.73 Å². The number of hydrogen-bond acceptors (Lipinski definition) is 4. The van der Waals surface area contributed by atoms with E-state index >= 15 is 0 Å². The van der Waals surface area contributed by atoms with Gasteiger partial charge in [-0.15, -0.1) is 0 Å². The summed E-state index contributed by atoms with van der Waals surface area (Å²) in [5, 5.41) is 18.6. The molecule has 0 radical (unpaired) electrons. The van der Waals surface area contributed by atoms with Crippen LogP contribution in [0.3, 0.4) is 0 Å². The van der Waals surface area contributed by atoms with Gasteiger partial charge in [0, 0.05) is 0 Å². The third-order valence-corrected chi connectivity index (χ3v) is 3.62. The molecule has 98 valence electrons. The fourth-order valence-electron chi connectivity index (χ4n) is 2.58. The maximum Gasteiger partial charge on any atom is 0.175 e. The maximum atomic E-state index is 11.3. The Balaban J connectivity index is 2.26. The number of nitrogens with two attached hydrogens (primary N) is 1. The third-order valence-electron chi connectivity index (χ3n) is 3.62. The van der Waals surface area contributed by atoms with Crippen LogP contribution in [0.5, 0.6) is 5.75 Å². The monoisotopic (exact) mass is 249 g/mol. The molecule has 2 rings (SSSR count). The molecule has 0 saturated heterocycles. The first-order valence-corrected chi connectivity index (χ1v) is 6.35. The van der Waals surface area contributed by atoms with Crippen LogP contribution in [0.1, 0.15) is 29.5 Å². The van der Waals surface area contributed by atoms with Gasteiger partial charge in [0.25, 0.3) is 0 Å². The highest BCUT2D eigenvalue weighted by molar-refractivity contribution is 5.85. The molecule has 0 bridgehead atoms. The van der Waals surface area contributed by atoms with Crippen molar-refractivity contribution in [3.63, 3.8) is 0 Å². The molecule has 1 aliphatic carbocycles. The van der Waals surface area contributed by atoms with Crippen LogP contribution in [0.25, 0.3) is 0 Å². The molecule has 1 atom stereocenters. The number of Topliss-reactive ketones (excluding diaryl/α,β-unsaturated/α-hetero) is 1. The minimum atomic E-state index is -0.662. The van der Waals surface area contributed by atoms with Crippen molar-refractivity contribution < 1.29 is 15.0 Å². The van der Waals surface area contributed by atoms with Crippen molar-refractivity contribution in [3.8, 4) is 5.75 Å². The molecule has 4 heteroatoms. The van der Waals surface area contributed by atoms with Crippen molar-refractivity contribution >= 4 is 5.78 Å². The van der Waals surface area contributed by atoms with Gasteiger partial charge in [0.15, 0.2) is 5.78 Å². The van der Waals surface area contributed by atoms with Gasteiger partial charge in [-0.05, 0) is 54.9 Å². The molecule has 4 nitrogen and oxygen atoms in total. The molecule has 4 N–H and O–H groups in total. The molecule has 1 unspecified atom stereocenters. The predicted octanol–water partition coefficient (Wildman–Crippen LogP) is 0.702. The Morgan fingerprint density at radius 3 is 2.61 bits per heavy atom. The van der Waals surface area contributed by atoms with E-state index in [1.54, 1.807) is 6.07 Å². The summed E-state index contributed by atoms with van der Waals surface area (Å²) in [6.45, 7) is -0.512. The summed E-state index contributed by atoms with van der Waals surface area (Å²) in [5.74, 6) is 0.00291. The van der Waals surface area contributed by atoms with Crippen LogP contribution in [0, 0.1) is 0 Å². The Morgan fingerprint density at radius 2 is 1.94 bits per heavy atom. The normalized spacial score (nSPS) is 16.1. The van der Waals surface area contributed by atoms with Crippen molar-refractivity contribution in [2.75, 3.05) is 6.61 Å². The highest BCUT2D eigenvalue weighted by Crippen LogP contribution is 2.31. The summed E-state index contributed by atoms with van der Waals surface area (Å²) >= 11 is 0. The van der Waals surface area contributed by atoms with Gasteiger partial charge in [-0.25, -0.2) is 0 Å². The minimum Gasteiger partial charge on any atom is -0.508 e. The van der Waals surface area contributed by atoms with E-state index in [1.807, 2.05) is 6.07 Å². The van der Waals surface area contributed by atoms with E-state index in [2.05, 4.69) is 0 Å². The Labute approximate surface area is 106 Å². The van der Waals surface area contributed by atoms with Crippen LogP contribution in [0.15, 0.2) is 12.1 Å². The van der Waals surface area contributed by atoms with Gasteiger partial charge in [0.1, 0.15) is 12.4 Å². The number of benzene rings is 1. The fraction of sp³-hybridized carbons (Fsp3) is 0.500. The van der Waals surface area contributed by atoms with Crippen LogP contribution in [0.4, 0.5) is 0 Å². The van der Waals surface area contributed by atoms with E-state index < -0.39 is 12.6 Å². The van der Waals surface area contributed by atoms with Gasteiger partial charge in [-0.1, -0.05) is 6.07 Å². The zero-order chi connectivity index (χ0) is 13.1. The van der Waals surface area contributed by atoms with Crippen LogP contribution in [-0.4, -0.2) is 28.6 Å². The molecule has 0 heterocycles. The molecule has 1 aromatic carbocycles. The Kier molecular flexibility index (Phi) is 3.99. The second kappa shape index (κ2) is 5.50. The molecule has 0 fully saturated rings. The van der Waals surface area contributed by atoms with Crippen LogP contribution in [0.2, 0.25) is 0 Å². The number of fused-ring (bicyclic) bond motifs is 1. The number of aliphatic hydroxyl groups excluding tert-OH is 1. The van der Waals surface area contributed by atoms with E-state index in [9.17, 15) is 9.90 Å². The molecule has 0 aromatic heterocycles. The van der Waals surface area contributed by atoms with Gasteiger partial charge in [-0.3, -0.25) is 4.79 Å². The number of phenols is 1. The van der Waals surface area contributed by atoms with E-state index in [-0.39, 0.29) is 5.78 Å². The topological polar surface area (TPSA) is 83.5 Å². The molecule has 0 spiro atoms. The van der Waals surface area contributed by atoms with Crippen LogP contribution >= 0.6 is 0 Å². The van der Waals surface area contributed by atoms with Crippen molar-refractivity contribution in [2.45, 2.75) is 38.1 Å². The third kappa shape index (κ3) is 2.54. The number of hydrogen-bond donors (Lipinski definition) is 3. The van der Waals surface area contributed by atoms with Gasteiger partial charge in [0.2, 0.25) is 0 Å². The van der Waals surface area contributed by atoms with Crippen LogP contribution in [-0.2, 0) is 24.1 Å². The Morgan fingerprint density at radius 1 is 1.28 bits per heavy atom. The number of carbonyl (C=O) groups is 1. The number of aromatic hydroxyl groups is 1. The summed E-state index contributed by atoms with van der Waals surface area (Å²) in [7, 11) is 0. The SMILES string of the molecule is NC(Cc1ccc(O)c2c1CCCC2)C(=O)CO. The molecule has 1 aliphatic rings. The number of carbonyl (C=O) groups excluding carboxylic acids is 1. The summed E-state index contributed by atoms with van der Waals surface area (Å²) < 4.78 is 0. The predicted molar refractivity (Wildman–Crippen MR) is 68.5 cm³/mol. The lowest BCUT2D eigenvalue weighted by Gasteiger charge is -2.21. The zero-order valence-corrected chi connectivity index (χ0v) is 10.4. The van der Waals surface area contributed by atoms with Crippen molar-refractivity contribution in [1.29, 1.82) is 0 Å². The van der Waals surface area contributed by atoms with E-state index in [1.165, 1.54) is 0 Å². The van der Waals surface area contributed by atoms with E-state index in [0.29, 0.717) is 12.2 Å². The molecule has 0 amide bonds. The lowest BCUT2D eigenvalue weighted by Crippen LogP contribution is -2.35. The standard InChI is InChI=1S/C14H19NO3/c15-12(14(18)8-16)7-9-5-6-13(17)11-4-2-1-3-10(9)11/h5-6,12,16-17H,1-4,7-8,15H2. The number of phenolic OH excluding ortho intramolecular Hbond substituents is 1. The van der Waals surface area contributed by atoms with Crippen LogP contribution < -0.4 is 5.73 Å². The quantitative estimate of drug-likeness (QED) is 0.733. The maximum absolute atomic E-state index is 11.3.